The number of hydrogen-bond donors (Lipinski definition) is 2. The Morgan fingerprint density at radius 3 is 2.75 bits per heavy atom. The highest BCUT2D eigenvalue weighted by molar-refractivity contribution is 5.82. The fourth-order valence-electron chi connectivity index (χ4n) is 4.32. The Kier molecular flexibility index (Phi) is 4.34. The van der Waals surface area contributed by atoms with Crippen LogP contribution in [0, 0.1) is 11.3 Å². The zero-order valence-corrected chi connectivity index (χ0v) is 12.9. The second-order valence-corrected chi connectivity index (χ2v) is 7.42. The lowest BCUT2D eigenvalue weighted by Crippen LogP contribution is -2.55. The Morgan fingerprint density at radius 2 is 2.00 bits per heavy atom. The molecule has 3 atom stereocenters. The van der Waals surface area contributed by atoms with Gasteiger partial charge in [-0.05, 0) is 56.3 Å². The maximum atomic E-state index is 12.4. The van der Waals surface area contributed by atoms with Gasteiger partial charge in [-0.15, -0.1) is 0 Å². The summed E-state index contributed by atoms with van der Waals surface area (Å²) in [6.07, 6.45) is 12.8. The van der Waals surface area contributed by atoms with E-state index in [2.05, 4.69) is 17.6 Å². The molecule has 114 valence electrons. The fourth-order valence-corrected chi connectivity index (χ4v) is 4.32. The molecule has 2 aliphatic carbocycles. The van der Waals surface area contributed by atoms with Crippen LogP contribution in [0.2, 0.25) is 0 Å². The van der Waals surface area contributed by atoms with Crippen molar-refractivity contribution in [3.05, 3.63) is 0 Å². The minimum Gasteiger partial charge on any atom is -0.354 e. The largest absolute Gasteiger partial charge is 0.354 e. The zero-order chi connectivity index (χ0) is 14.0. The van der Waals surface area contributed by atoms with E-state index in [4.69, 9.17) is 0 Å². The number of rotatable bonds is 5. The summed E-state index contributed by atoms with van der Waals surface area (Å²) >= 11 is 0. The molecule has 3 unspecified atom stereocenters. The Morgan fingerprint density at radius 1 is 1.20 bits per heavy atom. The molecule has 1 aliphatic heterocycles. The number of carbonyl (C=O) groups is 1. The van der Waals surface area contributed by atoms with Crippen molar-refractivity contribution in [2.75, 3.05) is 6.54 Å². The quantitative estimate of drug-likeness (QED) is 0.811. The molecule has 3 fully saturated rings. The summed E-state index contributed by atoms with van der Waals surface area (Å²) in [7, 11) is 0. The van der Waals surface area contributed by atoms with E-state index in [-0.39, 0.29) is 11.9 Å². The summed E-state index contributed by atoms with van der Waals surface area (Å²) in [5.74, 6) is 1.10. The summed E-state index contributed by atoms with van der Waals surface area (Å²) in [6, 6.07) is 0.686. The van der Waals surface area contributed by atoms with Crippen LogP contribution in [0.3, 0.4) is 0 Å². The standard InChI is InChI=1S/C17H30N2O/c1-2-9-17(10-11-17)12-18-16(20)15-8-7-13-5-3-4-6-14(13)19-15/h13-15,19H,2-12H2,1H3,(H,18,20). The zero-order valence-electron chi connectivity index (χ0n) is 12.9. The summed E-state index contributed by atoms with van der Waals surface area (Å²) in [6.45, 7) is 3.15. The highest BCUT2D eigenvalue weighted by Gasteiger charge is 2.42. The van der Waals surface area contributed by atoms with E-state index in [1.165, 1.54) is 57.8 Å². The third-order valence-corrected chi connectivity index (χ3v) is 5.84. The molecular weight excluding hydrogens is 248 g/mol. The van der Waals surface area contributed by atoms with Crippen LogP contribution in [0.1, 0.15) is 71.1 Å². The number of hydrogen-bond acceptors (Lipinski definition) is 2. The van der Waals surface area contributed by atoms with Gasteiger partial charge in [0.15, 0.2) is 0 Å². The minimum atomic E-state index is 0.0757. The van der Waals surface area contributed by atoms with Gasteiger partial charge in [0.1, 0.15) is 0 Å². The molecule has 0 aromatic carbocycles. The molecule has 0 spiro atoms. The molecule has 3 aliphatic rings. The third kappa shape index (κ3) is 3.19. The lowest BCUT2D eigenvalue weighted by Gasteiger charge is -2.40. The van der Waals surface area contributed by atoms with Gasteiger partial charge in [-0.3, -0.25) is 4.79 Å². The molecule has 3 rings (SSSR count). The topological polar surface area (TPSA) is 41.1 Å². The van der Waals surface area contributed by atoms with E-state index in [1.54, 1.807) is 0 Å². The number of piperidine rings is 1. The first-order chi connectivity index (χ1) is 9.72. The maximum absolute atomic E-state index is 12.4. The maximum Gasteiger partial charge on any atom is 0.237 e. The van der Waals surface area contributed by atoms with Crippen LogP contribution in [0.4, 0.5) is 0 Å². The van der Waals surface area contributed by atoms with Gasteiger partial charge in [-0.1, -0.05) is 26.2 Å². The van der Waals surface area contributed by atoms with Crippen molar-refractivity contribution in [3.63, 3.8) is 0 Å². The summed E-state index contributed by atoms with van der Waals surface area (Å²) in [5.41, 5.74) is 0.465. The molecular formula is C17H30N2O. The molecule has 3 heteroatoms. The molecule has 1 saturated heterocycles. The van der Waals surface area contributed by atoms with E-state index in [9.17, 15) is 4.79 Å². The molecule has 20 heavy (non-hydrogen) atoms. The van der Waals surface area contributed by atoms with E-state index < -0.39 is 0 Å². The highest BCUT2D eigenvalue weighted by Crippen LogP contribution is 2.48. The second kappa shape index (κ2) is 6.05. The van der Waals surface area contributed by atoms with E-state index in [0.29, 0.717) is 11.5 Å². The van der Waals surface area contributed by atoms with Gasteiger partial charge in [0, 0.05) is 12.6 Å². The highest BCUT2D eigenvalue weighted by atomic mass is 16.2. The lowest BCUT2D eigenvalue weighted by atomic mass is 9.77. The van der Waals surface area contributed by atoms with Crippen molar-refractivity contribution in [3.8, 4) is 0 Å². The van der Waals surface area contributed by atoms with Crippen LogP contribution < -0.4 is 10.6 Å². The Labute approximate surface area is 123 Å². The lowest BCUT2D eigenvalue weighted by molar-refractivity contribution is -0.124. The van der Waals surface area contributed by atoms with Crippen molar-refractivity contribution in [1.29, 1.82) is 0 Å². The van der Waals surface area contributed by atoms with Crippen LogP contribution >= 0.6 is 0 Å². The molecule has 0 radical (unpaired) electrons. The third-order valence-electron chi connectivity index (χ3n) is 5.84. The van der Waals surface area contributed by atoms with Crippen molar-refractivity contribution in [2.24, 2.45) is 11.3 Å². The molecule has 1 heterocycles. The number of nitrogens with one attached hydrogen (secondary N) is 2. The SMILES string of the molecule is CCCC1(CNC(=O)C2CCC3CCCCC3N2)CC1. The average Bonchev–Trinajstić information content (AvgIpc) is 3.25. The summed E-state index contributed by atoms with van der Waals surface area (Å²) in [4.78, 5) is 12.4. The second-order valence-electron chi connectivity index (χ2n) is 7.42. The van der Waals surface area contributed by atoms with E-state index in [0.717, 1.165) is 18.9 Å². The fraction of sp³-hybridized carbons (Fsp3) is 0.941. The Balaban J connectivity index is 1.46. The smallest absolute Gasteiger partial charge is 0.237 e. The van der Waals surface area contributed by atoms with Gasteiger partial charge in [0.05, 0.1) is 6.04 Å². The molecule has 3 nitrogen and oxygen atoms in total. The van der Waals surface area contributed by atoms with Gasteiger partial charge in [-0.2, -0.15) is 0 Å². The minimum absolute atomic E-state index is 0.0757. The number of carbonyl (C=O) groups excluding carboxylic acids is 1. The predicted octanol–water partition coefficient (Wildman–Crippen LogP) is 2.99. The van der Waals surface area contributed by atoms with Gasteiger partial charge in [0.2, 0.25) is 5.91 Å². The van der Waals surface area contributed by atoms with Gasteiger partial charge < -0.3 is 10.6 Å². The molecule has 0 aromatic heterocycles. The normalized spacial score (nSPS) is 35.1. The summed E-state index contributed by atoms with van der Waals surface area (Å²) in [5, 5.41) is 6.87. The molecule has 1 amide bonds. The van der Waals surface area contributed by atoms with Gasteiger partial charge in [-0.25, -0.2) is 0 Å². The number of amides is 1. The first-order valence-electron chi connectivity index (χ1n) is 8.76. The molecule has 2 N–H and O–H groups in total. The van der Waals surface area contributed by atoms with Gasteiger partial charge in [0.25, 0.3) is 0 Å². The van der Waals surface area contributed by atoms with Crippen LogP contribution in [0.5, 0.6) is 0 Å². The Bertz CT molecular complexity index is 351. The molecule has 2 saturated carbocycles. The first-order valence-corrected chi connectivity index (χ1v) is 8.76. The van der Waals surface area contributed by atoms with Crippen molar-refractivity contribution in [2.45, 2.75) is 83.2 Å². The predicted molar refractivity (Wildman–Crippen MR) is 81.5 cm³/mol. The van der Waals surface area contributed by atoms with Gasteiger partial charge >= 0.3 is 0 Å². The van der Waals surface area contributed by atoms with E-state index >= 15 is 0 Å². The van der Waals surface area contributed by atoms with Crippen LogP contribution in [0.15, 0.2) is 0 Å². The van der Waals surface area contributed by atoms with Crippen molar-refractivity contribution < 1.29 is 4.79 Å². The van der Waals surface area contributed by atoms with Crippen molar-refractivity contribution >= 4 is 5.91 Å². The monoisotopic (exact) mass is 278 g/mol. The molecule has 0 aromatic rings. The van der Waals surface area contributed by atoms with Crippen LogP contribution in [-0.2, 0) is 4.79 Å². The van der Waals surface area contributed by atoms with Crippen LogP contribution in [0.25, 0.3) is 0 Å². The summed E-state index contributed by atoms with van der Waals surface area (Å²) < 4.78 is 0. The van der Waals surface area contributed by atoms with E-state index in [1.807, 2.05) is 0 Å². The van der Waals surface area contributed by atoms with Crippen molar-refractivity contribution in [1.82, 2.24) is 10.6 Å². The average molecular weight is 278 g/mol. The first kappa shape index (κ1) is 14.4. The molecule has 0 bridgehead atoms. The van der Waals surface area contributed by atoms with Crippen LogP contribution in [-0.4, -0.2) is 24.5 Å². The Hall–Kier alpha value is -0.570. The number of fused-ring (bicyclic) bond motifs is 1.